The number of nitrogens with two attached hydrogens (primary N) is 1. The fourth-order valence-corrected chi connectivity index (χ4v) is 0.274. The van der Waals surface area contributed by atoms with E-state index in [1.807, 2.05) is 0 Å². The van der Waals surface area contributed by atoms with Crippen LogP contribution < -0.4 is 5.90 Å². The maximum atomic E-state index is 8.17. The summed E-state index contributed by atoms with van der Waals surface area (Å²) in [6, 6.07) is 0. The molecule has 0 heterocycles. The molecule has 0 aromatic carbocycles. The van der Waals surface area contributed by atoms with E-state index in [4.69, 9.17) is 9.84 Å². The highest BCUT2D eigenvalue weighted by atomic mass is 19.0. The van der Waals surface area contributed by atoms with Gasteiger partial charge in [0.2, 0.25) is 0 Å². The Labute approximate surface area is 52.9 Å². The van der Waals surface area contributed by atoms with Crippen molar-refractivity contribution in [1.82, 2.24) is 0 Å². The van der Waals surface area contributed by atoms with Crippen molar-refractivity contribution in [2.75, 3.05) is 26.4 Å². The van der Waals surface area contributed by atoms with Crippen molar-refractivity contribution in [1.29, 1.82) is 0 Å². The quantitative estimate of drug-likeness (QED) is 0.382. The van der Waals surface area contributed by atoms with E-state index in [0.29, 0.717) is 19.8 Å². The Morgan fingerprint density at radius 1 is 1.22 bits per heavy atom. The van der Waals surface area contributed by atoms with E-state index in [1.165, 1.54) is 0 Å². The molecule has 9 heavy (non-hydrogen) atoms. The Kier molecular flexibility index (Phi) is 13.7. The highest BCUT2D eigenvalue weighted by Gasteiger charge is 1.82. The van der Waals surface area contributed by atoms with Crippen LogP contribution in [0.5, 0.6) is 0 Å². The summed E-state index contributed by atoms with van der Waals surface area (Å²) in [5, 5.41) is 8.17. The van der Waals surface area contributed by atoms with E-state index < -0.39 is 0 Å². The van der Waals surface area contributed by atoms with Crippen molar-refractivity contribution in [2.45, 2.75) is 0 Å². The molecular weight excluding hydrogens is 129 g/mol. The normalized spacial score (nSPS) is 8.67. The second kappa shape index (κ2) is 10.7. The van der Waals surface area contributed by atoms with Crippen LogP contribution in [0.4, 0.5) is 4.70 Å². The molecule has 0 amide bonds. The van der Waals surface area contributed by atoms with Crippen LogP contribution >= 0.6 is 0 Å². The molecular formula is C4H12FNO3. The molecule has 0 fully saturated rings. The van der Waals surface area contributed by atoms with Gasteiger partial charge in [0.1, 0.15) is 0 Å². The number of ether oxygens (including phenoxy) is 1. The molecule has 0 saturated carbocycles. The topological polar surface area (TPSA) is 64.7 Å². The molecule has 0 aliphatic rings. The first-order valence-electron chi connectivity index (χ1n) is 2.42. The second-order valence-electron chi connectivity index (χ2n) is 1.21. The van der Waals surface area contributed by atoms with Gasteiger partial charge in [-0.25, -0.2) is 5.90 Å². The Morgan fingerprint density at radius 3 is 2.33 bits per heavy atom. The van der Waals surface area contributed by atoms with Crippen LogP contribution in [0.1, 0.15) is 0 Å². The van der Waals surface area contributed by atoms with Crippen LogP contribution in [-0.4, -0.2) is 31.5 Å². The fraction of sp³-hybridized carbons (Fsp3) is 1.00. The van der Waals surface area contributed by atoms with Gasteiger partial charge in [-0.05, 0) is 0 Å². The molecule has 0 aromatic heterocycles. The second-order valence-corrected chi connectivity index (χ2v) is 1.21. The van der Waals surface area contributed by atoms with E-state index >= 15 is 0 Å². The van der Waals surface area contributed by atoms with Crippen LogP contribution in [0.15, 0.2) is 0 Å². The standard InChI is InChI=1S/C4H11NO3.FH/c5-8-4-3-7-2-1-6;/h6H,1-5H2;1H. The van der Waals surface area contributed by atoms with Gasteiger partial charge in [-0.1, -0.05) is 0 Å². The van der Waals surface area contributed by atoms with E-state index in [1.54, 1.807) is 0 Å². The predicted molar refractivity (Wildman–Crippen MR) is 30.5 cm³/mol. The summed E-state index contributed by atoms with van der Waals surface area (Å²) in [4.78, 5) is 4.18. The van der Waals surface area contributed by atoms with Crippen molar-refractivity contribution in [3.8, 4) is 0 Å². The molecule has 0 atom stereocenters. The first kappa shape index (κ1) is 11.6. The molecule has 0 spiro atoms. The van der Waals surface area contributed by atoms with E-state index in [2.05, 4.69) is 10.7 Å². The van der Waals surface area contributed by atoms with Crippen molar-refractivity contribution in [3.05, 3.63) is 0 Å². The minimum absolute atomic E-state index is 0. The lowest BCUT2D eigenvalue weighted by Gasteiger charge is -1.97. The van der Waals surface area contributed by atoms with Crippen molar-refractivity contribution < 1.29 is 19.4 Å². The average Bonchev–Trinajstić information content (AvgIpc) is 1.81. The molecule has 0 aliphatic carbocycles. The van der Waals surface area contributed by atoms with Crippen LogP contribution in [0, 0.1) is 0 Å². The molecule has 4 nitrogen and oxygen atoms in total. The minimum Gasteiger partial charge on any atom is -0.394 e. The van der Waals surface area contributed by atoms with Gasteiger partial charge < -0.3 is 14.7 Å². The Morgan fingerprint density at radius 2 is 1.89 bits per heavy atom. The lowest BCUT2D eigenvalue weighted by atomic mass is 10.7. The van der Waals surface area contributed by atoms with Gasteiger partial charge in [0.25, 0.3) is 0 Å². The number of aliphatic hydroxyl groups is 1. The maximum Gasteiger partial charge on any atom is 0.0913 e. The lowest BCUT2D eigenvalue weighted by Crippen LogP contribution is -2.09. The smallest absolute Gasteiger partial charge is 0.0913 e. The summed E-state index contributed by atoms with van der Waals surface area (Å²) in [6.07, 6.45) is 0. The maximum absolute atomic E-state index is 8.17. The molecule has 58 valence electrons. The first-order valence-corrected chi connectivity index (χ1v) is 2.42. The summed E-state index contributed by atoms with van der Waals surface area (Å²) in [6.45, 7) is 1.21. The zero-order valence-corrected chi connectivity index (χ0v) is 5.08. The van der Waals surface area contributed by atoms with Crippen molar-refractivity contribution >= 4 is 0 Å². The average molecular weight is 141 g/mol. The minimum atomic E-state index is 0. The number of hydrogen-bond acceptors (Lipinski definition) is 4. The van der Waals surface area contributed by atoms with Crippen LogP contribution in [0.25, 0.3) is 0 Å². The highest BCUT2D eigenvalue weighted by molar-refractivity contribution is 4.25. The van der Waals surface area contributed by atoms with E-state index in [-0.39, 0.29) is 11.3 Å². The molecule has 0 unspecified atom stereocenters. The van der Waals surface area contributed by atoms with Gasteiger partial charge in [0, 0.05) is 0 Å². The zero-order valence-electron chi connectivity index (χ0n) is 5.08. The third-order valence-electron chi connectivity index (χ3n) is 0.581. The van der Waals surface area contributed by atoms with Crippen molar-refractivity contribution in [2.24, 2.45) is 5.90 Å². The fourth-order valence-electron chi connectivity index (χ4n) is 0.274. The lowest BCUT2D eigenvalue weighted by molar-refractivity contribution is 0.0330. The predicted octanol–water partition coefficient (Wildman–Crippen LogP) is -0.962. The molecule has 0 bridgehead atoms. The van der Waals surface area contributed by atoms with Gasteiger partial charge in [0.05, 0.1) is 26.4 Å². The summed E-state index contributed by atoms with van der Waals surface area (Å²) in [7, 11) is 0. The third kappa shape index (κ3) is 11.4. The SMILES string of the molecule is F.NOCCOCCO. The molecule has 0 aromatic rings. The molecule has 0 aliphatic heterocycles. The summed E-state index contributed by atoms with van der Waals surface area (Å²) in [5.41, 5.74) is 0. The Balaban J connectivity index is 0. The van der Waals surface area contributed by atoms with Crippen LogP contribution in [-0.2, 0) is 9.57 Å². The van der Waals surface area contributed by atoms with E-state index in [9.17, 15) is 0 Å². The monoisotopic (exact) mass is 141 g/mol. The van der Waals surface area contributed by atoms with Gasteiger partial charge >= 0.3 is 0 Å². The Hall–Kier alpha value is -0.230. The molecule has 0 saturated heterocycles. The number of hydrogen-bond donors (Lipinski definition) is 2. The van der Waals surface area contributed by atoms with Crippen molar-refractivity contribution in [3.63, 3.8) is 0 Å². The van der Waals surface area contributed by atoms with Crippen LogP contribution in [0.3, 0.4) is 0 Å². The number of rotatable bonds is 5. The van der Waals surface area contributed by atoms with Gasteiger partial charge in [-0.3, -0.25) is 4.70 Å². The molecule has 5 heteroatoms. The first-order chi connectivity index (χ1) is 3.91. The molecule has 3 N–H and O–H groups in total. The van der Waals surface area contributed by atoms with Crippen LogP contribution in [0.2, 0.25) is 0 Å². The molecule has 0 radical (unpaired) electrons. The number of halogens is 1. The highest BCUT2D eigenvalue weighted by Crippen LogP contribution is 1.71. The summed E-state index contributed by atoms with van der Waals surface area (Å²) < 4.78 is 4.77. The summed E-state index contributed by atoms with van der Waals surface area (Å²) >= 11 is 0. The Bertz CT molecular complexity index is 40.8. The third-order valence-corrected chi connectivity index (χ3v) is 0.581. The van der Waals surface area contributed by atoms with E-state index in [0.717, 1.165) is 0 Å². The van der Waals surface area contributed by atoms with Gasteiger partial charge in [0.15, 0.2) is 0 Å². The molecule has 0 rings (SSSR count). The number of aliphatic hydroxyl groups excluding tert-OH is 1. The van der Waals surface area contributed by atoms with Gasteiger partial charge in [-0.2, -0.15) is 0 Å². The zero-order chi connectivity index (χ0) is 6.24. The van der Waals surface area contributed by atoms with Gasteiger partial charge in [-0.15, -0.1) is 0 Å². The largest absolute Gasteiger partial charge is 0.394 e. The summed E-state index contributed by atoms with van der Waals surface area (Å²) in [5.74, 6) is 4.67.